The summed E-state index contributed by atoms with van der Waals surface area (Å²) in [5, 5.41) is 23.2. The van der Waals surface area contributed by atoms with Gasteiger partial charge in [-0.2, -0.15) is 0 Å². The largest absolute Gasteiger partial charge is 0.504 e. The third-order valence-corrected chi connectivity index (χ3v) is 3.49. The van der Waals surface area contributed by atoms with Gasteiger partial charge in [-0.25, -0.2) is 0 Å². The number of hydrogen-bond acceptors (Lipinski definition) is 6. The van der Waals surface area contributed by atoms with E-state index in [9.17, 15) is 10.2 Å². The van der Waals surface area contributed by atoms with Crippen molar-refractivity contribution >= 4 is 0 Å². The van der Waals surface area contributed by atoms with Gasteiger partial charge in [0, 0.05) is 12.1 Å². The van der Waals surface area contributed by atoms with E-state index in [4.69, 9.17) is 14.2 Å². The number of aliphatic hydroxyl groups is 1. The first kappa shape index (κ1) is 16.9. The fourth-order valence-corrected chi connectivity index (χ4v) is 2.24. The van der Waals surface area contributed by atoms with Gasteiger partial charge < -0.3 is 24.4 Å². The van der Waals surface area contributed by atoms with Gasteiger partial charge in [-0.15, -0.1) is 0 Å². The molecule has 1 atom stereocenters. The van der Waals surface area contributed by atoms with E-state index in [-0.39, 0.29) is 5.75 Å². The minimum Gasteiger partial charge on any atom is -0.504 e. The molecule has 2 aromatic carbocycles. The number of benzene rings is 2. The SMILES string of the molecule is COc1ccc(CNC(O)c2cccc(OC)c2O)cc1OC. The lowest BCUT2D eigenvalue weighted by Crippen LogP contribution is -2.20. The second kappa shape index (κ2) is 7.71. The minimum atomic E-state index is -1.03. The van der Waals surface area contributed by atoms with Gasteiger partial charge in [-0.3, -0.25) is 5.32 Å². The second-order valence-corrected chi connectivity index (χ2v) is 4.87. The number of rotatable bonds is 7. The fraction of sp³-hybridized carbons (Fsp3) is 0.294. The number of nitrogens with one attached hydrogen (secondary N) is 1. The molecule has 6 nitrogen and oxygen atoms in total. The van der Waals surface area contributed by atoms with Crippen LogP contribution in [0, 0.1) is 0 Å². The molecule has 2 rings (SSSR count). The molecule has 0 saturated heterocycles. The molecule has 23 heavy (non-hydrogen) atoms. The molecule has 0 spiro atoms. The van der Waals surface area contributed by atoms with Crippen LogP contribution in [-0.2, 0) is 6.54 Å². The maximum Gasteiger partial charge on any atom is 0.164 e. The minimum absolute atomic E-state index is 0.0812. The van der Waals surface area contributed by atoms with Gasteiger partial charge in [0.15, 0.2) is 23.0 Å². The van der Waals surface area contributed by atoms with Crippen molar-refractivity contribution in [3.8, 4) is 23.0 Å². The summed E-state index contributed by atoms with van der Waals surface area (Å²) in [6, 6.07) is 10.4. The summed E-state index contributed by atoms with van der Waals surface area (Å²) < 4.78 is 15.5. The lowest BCUT2D eigenvalue weighted by Gasteiger charge is -2.16. The summed E-state index contributed by atoms with van der Waals surface area (Å²) in [7, 11) is 4.60. The average molecular weight is 319 g/mol. The van der Waals surface area contributed by atoms with E-state index in [2.05, 4.69) is 5.32 Å². The highest BCUT2D eigenvalue weighted by Gasteiger charge is 2.15. The van der Waals surface area contributed by atoms with Crippen LogP contribution in [0.1, 0.15) is 17.4 Å². The molecule has 0 aliphatic heterocycles. The van der Waals surface area contributed by atoms with Gasteiger partial charge in [0.2, 0.25) is 0 Å². The van der Waals surface area contributed by atoms with Crippen LogP contribution in [0.2, 0.25) is 0 Å². The second-order valence-electron chi connectivity index (χ2n) is 4.87. The summed E-state index contributed by atoms with van der Waals surface area (Å²) in [4.78, 5) is 0. The van der Waals surface area contributed by atoms with E-state index in [1.807, 2.05) is 12.1 Å². The third kappa shape index (κ3) is 3.85. The van der Waals surface area contributed by atoms with Crippen LogP contribution in [0.4, 0.5) is 0 Å². The first-order valence-corrected chi connectivity index (χ1v) is 7.09. The quantitative estimate of drug-likeness (QED) is 0.679. The Morgan fingerprint density at radius 1 is 0.957 bits per heavy atom. The number of phenols is 1. The Hall–Kier alpha value is -2.44. The highest BCUT2D eigenvalue weighted by molar-refractivity contribution is 5.46. The maximum atomic E-state index is 10.2. The summed E-state index contributed by atoms with van der Waals surface area (Å²) in [6.07, 6.45) is -1.03. The van der Waals surface area contributed by atoms with E-state index in [1.165, 1.54) is 7.11 Å². The van der Waals surface area contributed by atoms with Gasteiger partial charge in [0.25, 0.3) is 0 Å². The highest BCUT2D eigenvalue weighted by atomic mass is 16.5. The number of aromatic hydroxyl groups is 1. The Labute approximate surface area is 135 Å². The molecule has 0 saturated carbocycles. The third-order valence-electron chi connectivity index (χ3n) is 3.49. The Kier molecular flexibility index (Phi) is 5.67. The molecular formula is C17H21NO5. The molecule has 124 valence electrons. The van der Waals surface area contributed by atoms with E-state index in [0.29, 0.717) is 29.4 Å². The molecule has 3 N–H and O–H groups in total. The van der Waals surface area contributed by atoms with Crippen molar-refractivity contribution in [2.45, 2.75) is 12.8 Å². The molecule has 1 unspecified atom stereocenters. The molecule has 6 heteroatoms. The van der Waals surface area contributed by atoms with Crippen molar-refractivity contribution < 1.29 is 24.4 Å². The van der Waals surface area contributed by atoms with Gasteiger partial charge >= 0.3 is 0 Å². The van der Waals surface area contributed by atoms with Gasteiger partial charge in [-0.05, 0) is 23.8 Å². The zero-order valence-electron chi connectivity index (χ0n) is 13.4. The monoisotopic (exact) mass is 319 g/mol. The van der Waals surface area contributed by atoms with Crippen LogP contribution >= 0.6 is 0 Å². The highest BCUT2D eigenvalue weighted by Crippen LogP contribution is 2.33. The zero-order valence-corrected chi connectivity index (χ0v) is 13.4. The molecule has 0 aliphatic carbocycles. The van der Waals surface area contributed by atoms with Crippen LogP contribution in [0.25, 0.3) is 0 Å². The molecule has 0 amide bonds. The van der Waals surface area contributed by atoms with Gasteiger partial charge in [0.1, 0.15) is 6.23 Å². The van der Waals surface area contributed by atoms with E-state index in [0.717, 1.165) is 5.56 Å². The first-order chi connectivity index (χ1) is 11.1. The lowest BCUT2D eigenvalue weighted by molar-refractivity contribution is 0.133. The zero-order chi connectivity index (χ0) is 16.8. The first-order valence-electron chi connectivity index (χ1n) is 7.09. The summed E-state index contributed by atoms with van der Waals surface area (Å²) in [5.74, 6) is 1.49. The van der Waals surface area contributed by atoms with Crippen LogP contribution < -0.4 is 19.5 Å². The molecule has 0 heterocycles. The summed E-state index contributed by atoms with van der Waals surface area (Å²) in [6.45, 7) is 0.387. The topological polar surface area (TPSA) is 80.2 Å². The number of aliphatic hydroxyl groups excluding tert-OH is 1. The summed E-state index contributed by atoms with van der Waals surface area (Å²) in [5.41, 5.74) is 1.26. The Bertz CT molecular complexity index is 659. The summed E-state index contributed by atoms with van der Waals surface area (Å²) >= 11 is 0. The van der Waals surface area contributed by atoms with Crippen molar-refractivity contribution in [1.82, 2.24) is 5.32 Å². The Morgan fingerprint density at radius 2 is 1.65 bits per heavy atom. The van der Waals surface area contributed by atoms with Crippen molar-refractivity contribution in [3.63, 3.8) is 0 Å². The molecule has 0 aliphatic rings. The number of methoxy groups -OCH3 is 3. The van der Waals surface area contributed by atoms with Crippen molar-refractivity contribution in [2.75, 3.05) is 21.3 Å². The van der Waals surface area contributed by atoms with Crippen LogP contribution in [0.5, 0.6) is 23.0 Å². The van der Waals surface area contributed by atoms with E-state index >= 15 is 0 Å². The van der Waals surface area contributed by atoms with E-state index < -0.39 is 6.23 Å². The Balaban J connectivity index is 2.09. The van der Waals surface area contributed by atoms with Crippen LogP contribution in [0.3, 0.4) is 0 Å². The van der Waals surface area contributed by atoms with Crippen molar-refractivity contribution in [1.29, 1.82) is 0 Å². The van der Waals surface area contributed by atoms with Gasteiger partial charge in [0.05, 0.1) is 21.3 Å². The number of ether oxygens (including phenoxy) is 3. The predicted molar refractivity (Wildman–Crippen MR) is 86.0 cm³/mol. The van der Waals surface area contributed by atoms with Crippen molar-refractivity contribution in [3.05, 3.63) is 47.5 Å². The molecule has 0 bridgehead atoms. The maximum absolute atomic E-state index is 10.2. The number of phenolic OH excluding ortho intramolecular Hbond substituents is 1. The Morgan fingerprint density at radius 3 is 2.30 bits per heavy atom. The van der Waals surface area contributed by atoms with Crippen LogP contribution in [-0.4, -0.2) is 31.5 Å². The lowest BCUT2D eigenvalue weighted by atomic mass is 10.1. The molecule has 2 aromatic rings. The molecule has 0 aromatic heterocycles. The molecule has 0 radical (unpaired) electrons. The average Bonchev–Trinajstić information content (AvgIpc) is 2.59. The van der Waals surface area contributed by atoms with Gasteiger partial charge in [-0.1, -0.05) is 18.2 Å². The van der Waals surface area contributed by atoms with Crippen LogP contribution in [0.15, 0.2) is 36.4 Å². The van der Waals surface area contributed by atoms with E-state index in [1.54, 1.807) is 38.5 Å². The van der Waals surface area contributed by atoms with Crippen molar-refractivity contribution in [2.24, 2.45) is 0 Å². The molecular weight excluding hydrogens is 298 g/mol. The number of hydrogen-bond donors (Lipinski definition) is 3. The molecule has 0 fully saturated rings. The standard InChI is InChI=1S/C17H21NO5/c1-21-13-8-7-11(9-15(13)23-3)10-18-17(20)12-5-4-6-14(22-2)16(12)19/h4-9,17-20H,10H2,1-3H3. The smallest absolute Gasteiger partial charge is 0.164 e. The predicted octanol–water partition coefficient (Wildman–Crippen LogP) is 2.20. The normalized spacial score (nSPS) is 11.8. The fourth-order valence-electron chi connectivity index (χ4n) is 2.24. The number of para-hydroxylation sites is 1.